The van der Waals surface area contributed by atoms with Crippen LogP contribution in [0.5, 0.6) is 0 Å². The van der Waals surface area contributed by atoms with Crippen molar-refractivity contribution in [2.75, 3.05) is 6.54 Å². The Morgan fingerprint density at radius 2 is 2.17 bits per heavy atom. The van der Waals surface area contributed by atoms with Gasteiger partial charge in [-0.1, -0.05) is 6.42 Å². The lowest BCUT2D eigenvalue weighted by Gasteiger charge is -2.38. The minimum absolute atomic E-state index is 0.642. The zero-order valence-electron chi connectivity index (χ0n) is 7.76. The van der Waals surface area contributed by atoms with Gasteiger partial charge in [-0.25, -0.2) is 0 Å². The van der Waals surface area contributed by atoms with Gasteiger partial charge in [0.25, 0.3) is 0 Å². The van der Waals surface area contributed by atoms with Crippen molar-refractivity contribution < 1.29 is 0 Å². The van der Waals surface area contributed by atoms with Crippen LogP contribution in [0.15, 0.2) is 0 Å². The van der Waals surface area contributed by atoms with Crippen LogP contribution in [-0.2, 0) is 0 Å². The van der Waals surface area contributed by atoms with Crippen molar-refractivity contribution in [2.45, 2.75) is 38.5 Å². The molecule has 0 spiro atoms. The lowest BCUT2D eigenvalue weighted by atomic mass is 9.68. The van der Waals surface area contributed by atoms with E-state index < -0.39 is 0 Å². The molecule has 3 aliphatic rings. The summed E-state index contributed by atoms with van der Waals surface area (Å²) < 4.78 is 0. The van der Waals surface area contributed by atoms with Crippen molar-refractivity contribution in [3.05, 3.63) is 0 Å². The molecule has 4 atom stereocenters. The summed E-state index contributed by atoms with van der Waals surface area (Å²) in [6.07, 6.45) is 8.97. The molecule has 0 aromatic heterocycles. The number of hydrogen-bond acceptors (Lipinski definition) is 1. The number of nitrogens with two attached hydrogens (primary N) is 1. The molecule has 0 aromatic carbocycles. The molecule has 3 saturated carbocycles. The van der Waals surface area contributed by atoms with E-state index in [4.69, 9.17) is 5.73 Å². The van der Waals surface area contributed by atoms with E-state index in [-0.39, 0.29) is 0 Å². The van der Waals surface area contributed by atoms with E-state index in [2.05, 4.69) is 0 Å². The van der Waals surface area contributed by atoms with Crippen molar-refractivity contribution in [3.63, 3.8) is 0 Å². The van der Waals surface area contributed by atoms with Gasteiger partial charge in [0, 0.05) is 0 Å². The molecule has 3 rings (SSSR count). The van der Waals surface area contributed by atoms with Crippen LogP contribution in [0.4, 0.5) is 0 Å². The van der Waals surface area contributed by atoms with E-state index in [1.165, 1.54) is 38.5 Å². The van der Waals surface area contributed by atoms with Gasteiger partial charge in [0.05, 0.1) is 0 Å². The van der Waals surface area contributed by atoms with Crippen LogP contribution in [0, 0.1) is 23.2 Å². The predicted octanol–water partition coefficient (Wildman–Crippen LogP) is 2.16. The molecule has 0 saturated heterocycles. The fourth-order valence-corrected chi connectivity index (χ4v) is 4.66. The van der Waals surface area contributed by atoms with Gasteiger partial charge in [0.15, 0.2) is 0 Å². The van der Waals surface area contributed by atoms with E-state index >= 15 is 0 Å². The highest BCUT2D eigenvalue weighted by Crippen LogP contribution is 2.65. The molecular formula is C11H19N. The van der Waals surface area contributed by atoms with Crippen LogP contribution >= 0.6 is 0 Å². The Morgan fingerprint density at radius 3 is 2.92 bits per heavy atom. The van der Waals surface area contributed by atoms with Gasteiger partial charge in [-0.3, -0.25) is 0 Å². The first-order valence-corrected chi connectivity index (χ1v) is 5.57. The maximum Gasteiger partial charge on any atom is -0.00151 e. The van der Waals surface area contributed by atoms with Crippen LogP contribution in [-0.4, -0.2) is 6.54 Å². The molecule has 2 bridgehead atoms. The van der Waals surface area contributed by atoms with E-state index in [1.54, 1.807) is 0 Å². The molecule has 2 N–H and O–H groups in total. The Hall–Kier alpha value is -0.0400. The first-order valence-electron chi connectivity index (χ1n) is 5.57. The van der Waals surface area contributed by atoms with E-state index in [1.807, 2.05) is 0 Å². The molecule has 1 heteroatoms. The molecular weight excluding hydrogens is 146 g/mol. The van der Waals surface area contributed by atoms with E-state index in [0.717, 1.165) is 24.3 Å². The summed E-state index contributed by atoms with van der Waals surface area (Å²) in [6.45, 7) is 0.985. The molecule has 0 radical (unpaired) electrons. The summed E-state index contributed by atoms with van der Waals surface area (Å²) >= 11 is 0. The van der Waals surface area contributed by atoms with Crippen LogP contribution in [0.1, 0.15) is 38.5 Å². The molecule has 0 heterocycles. The lowest BCUT2D eigenvalue weighted by molar-refractivity contribution is 0.121. The van der Waals surface area contributed by atoms with Crippen LogP contribution < -0.4 is 5.73 Å². The average molecular weight is 165 g/mol. The predicted molar refractivity (Wildman–Crippen MR) is 49.7 cm³/mol. The smallest absolute Gasteiger partial charge is 0.00151 e. The second kappa shape index (κ2) is 2.25. The first-order chi connectivity index (χ1) is 5.87. The van der Waals surface area contributed by atoms with E-state index in [9.17, 15) is 0 Å². The second-order valence-electron chi connectivity index (χ2n) is 5.21. The Balaban J connectivity index is 1.98. The van der Waals surface area contributed by atoms with Gasteiger partial charge in [-0.15, -0.1) is 0 Å². The quantitative estimate of drug-likeness (QED) is 0.633. The summed E-state index contributed by atoms with van der Waals surface area (Å²) in [4.78, 5) is 0. The average Bonchev–Trinajstić information content (AvgIpc) is 2.76. The maximum absolute atomic E-state index is 6.00. The summed E-state index contributed by atoms with van der Waals surface area (Å²) in [5, 5.41) is 0. The summed E-state index contributed by atoms with van der Waals surface area (Å²) in [7, 11) is 0. The summed E-state index contributed by atoms with van der Waals surface area (Å²) in [5.41, 5.74) is 6.64. The fraction of sp³-hybridized carbons (Fsp3) is 1.00. The zero-order chi connectivity index (χ0) is 8.18. The maximum atomic E-state index is 6.00. The summed E-state index contributed by atoms with van der Waals surface area (Å²) in [6, 6.07) is 0. The third kappa shape index (κ3) is 0.654. The third-order valence-electron chi connectivity index (χ3n) is 5.13. The topological polar surface area (TPSA) is 26.0 Å². The van der Waals surface area contributed by atoms with Crippen molar-refractivity contribution >= 4 is 0 Å². The molecule has 12 heavy (non-hydrogen) atoms. The van der Waals surface area contributed by atoms with Gasteiger partial charge < -0.3 is 5.73 Å². The summed E-state index contributed by atoms with van der Waals surface area (Å²) in [5.74, 6) is 3.15. The molecule has 68 valence electrons. The molecule has 3 aliphatic carbocycles. The standard InChI is InChI=1S/C11H19N/c12-7-11-5-1-2-10(11)8-3-4-9(11)6-8/h8-10H,1-7,12H2/t8-,9-,10+,11-/m1/s1. The Kier molecular flexibility index (Phi) is 1.39. The highest BCUT2D eigenvalue weighted by Gasteiger charge is 2.58. The number of hydrogen-bond donors (Lipinski definition) is 1. The molecule has 0 aliphatic heterocycles. The number of fused-ring (bicyclic) bond motifs is 5. The van der Waals surface area contributed by atoms with Gasteiger partial charge in [-0.05, 0) is 61.8 Å². The Morgan fingerprint density at radius 1 is 1.25 bits per heavy atom. The molecule has 0 unspecified atom stereocenters. The van der Waals surface area contributed by atoms with Crippen molar-refractivity contribution in [3.8, 4) is 0 Å². The van der Waals surface area contributed by atoms with Crippen LogP contribution in [0.25, 0.3) is 0 Å². The third-order valence-corrected chi connectivity index (χ3v) is 5.13. The van der Waals surface area contributed by atoms with Gasteiger partial charge in [0.1, 0.15) is 0 Å². The minimum Gasteiger partial charge on any atom is -0.330 e. The van der Waals surface area contributed by atoms with Gasteiger partial charge in [0.2, 0.25) is 0 Å². The Bertz CT molecular complexity index is 201. The van der Waals surface area contributed by atoms with E-state index in [0.29, 0.717) is 5.41 Å². The number of rotatable bonds is 1. The van der Waals surface area contributed by atoms with Gasteiger partial charge in [-0.2, -0.15) is 0 Å². The first kappa shape index (κ1) is 7.37. The SMILES string of the molecule is NC[C@@]12CCC[C@H]1[C@@H]1CC[C@@H]2C1. The van der Waals surface area contributed by atoms with Crippen LogP contribution in [0.2, 0.25) is 0 Å². The minimum atomic E-state index is 0.642. The fourth-order valence-electron chi connectivity index (χ4n) is 4.66. The highest BCUT2D eigenvalue weighted by molar-refractivity contribution is 5.09. The molecule has 0 amide bonds. The normalized spacial score (nSPS) is 56.2. The monoisotopic (exact) mass is 165 g/mol. The Labute approximate surface area is 74.7 Å². The molecule has 1 nitrogen and oxygen atoms in total. The zero-order valence-corrected chi connectivity index (χ0v) is 7.76. The van der Waals surface area contributed by atoms with Crippen molar-refractivity contribution in [1.82, 2.24) is 0 Å². The van der Waals surface area contributed by atoms with Crippen molar-refractivity contribution in [2.24, 2.45) is 28.9 Å². The molecule has 0 aromatic rings. The second-order valence-corrected chi connectivity index (χ2v) is 5.21. The van der Waals surface area contributed by atoms with Crippen molar-refractivity contribution in [1.29, 1.82) is 0 Å². The molecule has 3 fully saturated rings. The van der Waals surface area contributed by atoms with Crippen LogP contribution in [0.3, 0.4) is 0 Å². The largest absolute Gasteiger partial charge is 0.330 e. The van der Waals surface area contributed by atoms with Gasteiger partial charge >= 0.3 is 0 Å². The lowest BCUT2D eigenvalue weighted by Crippen LogP contribution is -2.39. The highest BCUT2D eigenvalue weighted by atomic mass is 14.7.